The number of aryl methyl sites for hydroxylation is 1. The van der Waals surface area contributed by atoms with E-state index in [1.165, 1.54) is 11.8 Å². The van der Waals surface area contributed by atoms with Crippen LogP contribution in [0.3, 0.4) is 0 Å². The summed E-state index contributed by atoms with van der Waals surface area (Å²) in [5.41, 5.74) is 8.04. The molecular weight excluding hydrogens is 528 g/mol. The molecule has 1 aromatic heterocycles. The van der Waals surface area contributed by atoms with E-state index in [2.05, 4.69) is 51.2 Å². The van der Waals surface area contributed by atoms with Gasteiger partial charge in [0, 0.05) is 62.8 Å². The molecule has 2 N–H and O–H groups in total. The van der Waals surface area contributed by atoms with E-state index in [-0.39, 0.29) is 17.9 Å². The van der Waals surface area contributed by atoms with Crippen molar-refractivity contribution in [1.29, 1.82) is 0 Å². The van der Waals surface area contributed by atoms with Crippen LogP contribution in [-0.4, -0.2) is 70.0 Å². The molecule has 218 valence electrons. The summed E-state index contributed by atoms with van der Waals surface area (Å²) in [5.74, 6) is 0.547. The predicted molar refractivity (Wildman–Crippen MR) is 152 cm³/mol. The molecule has 0 spiro atoms. The number of nitro groups is 1. The van der Waals surface area contributed by atoms with Gasteiger partial charge in [0.15, 0.2) is 0 Å². The zero-order valence-electron chi connectivity index (χ0n) is 23.4. The van der Waals surface area contributed by atoms with Crippen molar-refractivity contribution in [1.82, 2.24) is 14.5 Å². The molecule has 5 rings (SSSR count). The van der Waals surface area contributed by atoms with E-state index >= 15 is 0 Å². The molecule has 12 nitrogen and oxygen atoms in total. The zero-order chi connectivity index (χ0) is 29.0. The summed E-state index contributed by atoms with van der Waals surface area (Å²) in [7, 11) is 0. The van der Waals surface area contributed by atoms with Crippen LogP contribution >= 0.6 is 0 Å². The van der Waals surface area contributed by atoms with Gasteiger partial charge in [-0.15, -0.1) is 0 Å². The normalized spacial score (nSPS) is 17.4. The standard InChI is InChI=1S/C29H36N6O6/c1-29(2,41-27(30)36)17-21-3-5-22(6-4-21)18-32-13-15-33(16-14-32)23-7-9-24(10-8-23)39-20-25-11-12-34-19-26(35(37)38)31-28(34)40-25/h3-10,19,25H,11-18,20H2,1-2H3,(H2,30,36)/t25-/m1/s1. The summed E-state index contributed by atoms with van der Waals surface area (Å²) in [5, 5.41) is 10.9. The number of nitrogens with zero attached hydrogens (tertiary/aromatic N) is 5. The Hall–Kier alpha value is -4.32. The van der Waals surface area contributed by atoms with Gasteiger partial charge >= 0.3 is 17.9 Å². The average molecular weight is 565 g/mol. The van der Waals surface area contributed by atoms with E-state index < -0.39 is 16.6 Å². The van der Waals surface area contributed by atoms with Crippen LogP contribution in [0.1, 0.15) is 31.4 Å². The lowest BCUT2D eigenvalue weighted by atomic mass is 9.97. The minimum atomic E-state index is -0.757. The van der Waals surface area contributed by atoms with Gasteiger partial charge in [0.1, 0.15) is 30.3 Å². The first-order valence-corrected chi connectivity index (χ1v) is 13.8. The molecule has 1 atom stereocenters. The highest BCUT2D eigenvalue weighted by Gasteiger charge is 2.28. The second-order valence-electron chi connectivity index (χ2n) is 11.1. The summed E-state index contributed by atoms with van der Waals surface area (Å²) in [6, 6.07) is 16.8. The maximum absolute atomic E-state index is 11.1. The van der Waals surface area contributed by atoms with Crippen LogP contribution in [0.4, 0.5) is 16.3 Å². The Kier molecular flexibility index (Phi) is 8.29. The number of fused-ring (bicyclic) bond motifs is 1. The van der Waals surface area contributed by atoms with Gasteiger partial charge in [-0.3, -0.25) is 9.47 Å². The molecule has 0 unspecified atom stereocenters. The minimum absolute atomic E-state index is 0.207. The first-order chi connectivity index (χ1) is 19.6. The Morgan fingerprint density at radius 2 is 1.76 bits per heavy atom. The third-order valence-corrected chi connectivity index (χ3v) is 7.32. The molecule has 1 saturated heterocycles. The molecule has 0 bridgehead atoms. The van der Waals surface area contributed by atoms with Gasteiger partial charge in [0.25, 0.3) is 0 Å². The number of nitrogens with two attached hydrogens (primary N) is 1. The van der Waals surface area contributed by atoms with E-state index in [0.717, 1.165) is 49.7 Å². The lowest BCUT2D eigenvalue weighted by Gasteiger charge is -2.36. The fourth-order valence-corrected chi connectivity index (χ4v) is 5.26. The number of piperazine rings is 1. The topological polar surface area (TPSA) is 138 Å². The molecule has 0 aliphatic carbocycles. The van der Waals surface area contributed by atoms with Gasteiger partial charge in [-0.05, 0) is 54.2 Å². The third-order valence-electron chi connectivity index (χ3n) is 7.32. The number of amides is 1. The Balaban J connectivity index is 1.05. The largest absolute Gasteiger partial charge is 0.490 e. The first kappa shape index (κ1) is 28.2. The zero-order valence-corrected chi connectivity index (χ0v) is 23.4. The van der Waals surface area contributed by atoms with Crippen molar-refractivity contribution in [2.75, 3.05) is 37.7 Å². The number of ether oxygens (including phenoxy) is 3. The van der Waals surface area contributed by atoms with Gasteiger partial charge in [0.05, 0.1) is 0 Å². The number of benzene rings is 2. The number of hydrogen-bond acceptors (Lipinski definition) is 9. The number of imidazole rings is 1. The van der Waals surface area contributed by atoms with E-state index in [9.17, 15) is 14.9 Å². The van der Waals surface area contributed by atoms with Crippen LogP contribution in [0.25, 0.3) is 0 Å². The molecule has 1 amide bonds. The highest BCUT2D eigenvalue weighted by atomic mass is 16.6. The molecule has 2 aliphatic rings. The molecule has 41 heavy (non-hydrogen) atoms. The number of rotatable bonds is 10. The summed E-state index contributed by atoms with van der Waals surface area (Å²) < 4.78 is 18.6. The molecule has 3 heterocycles. The van der Waals surface area contributed by atoms with Crippen molar-refractivity contribution in [3.8, 4) is 11.8 Å². The number of carbonyl (C=O) groups excluding carboxylic acids is 1. The maximum atomic E-state index is 11.1. The van der Waals surface area contributed by atoms with Crippen LogP contribution in [-0.2, 0) is 24.2 Å². The average Bonchev–Trinajstić information content (AvgIpc) is 3.37. The van der Waals surface area contributed by atoms with E-state index in [4.69, 9.17) is 19.9 Å². The number of carbonyl (C=O) groups is 1. The lowest BCUT2D eigenvalue weighted by Crippen LogP contribution is -2.45. The lowest BCUT2D eigenvalue weighted by molar-refractivity contribution is -0.389. The highest BCUT2D eigenvalue weighted by Crippen LogP contribution is 2.26. The van der Waals surface area contributed by atoms with Crippen molar-refractivity contribution < 1.29 is 23.9 Å². The molecule has 3 aromatic rings. The maximum Gasteiger partial charge on any atom is 0.414 e. The monoisotopic (exact) mass is 564 g/mol. The second kappa shape index (κ2) is 12.0. The molecular formula is C29H36N6O6. The fraction of sp³-hybridized carbons (Fsp3) is 0.448. The Morgan fingerprint density at radius 1 is 1.07 bits per heavy atom. The molecule has 1 fully saturated rings. The van der Waals surface area contributed by atoms with Gasteiger partial charge in [0.2, 0.25) is 0 Å². The molecule has 2 aliphatic heterocycles. The van der Waals surface area contributed by atoms with Crippen LogP contribution in [0.2, 0.25) is 0 Å². The van der Waals surface area contributed by atoms with E-state index in [1.54, 1.807) is 4.57 Å². The van der Waals surface area contributed by atoms with E-state index in [1.807, 2.05) is 26.0 Å². The summed E-state index contributed by atoms with van der Waals surface area (Å²) in [6.07, 6.45) is 1.73. The molecule has 0 saturated carbocycles. The smallest absolute Gasteiger partial charge is 0.414 e. The minimum Gasteiger partial charge on any atom is -0.490 e. The molecule has 0 radical (unpaired) electrons. The Morgan fingerprint density at radius 3 is 2.41 bits per heavy atom. The van der Waals surface area contributed by atoms with Crippen molar-refractivity contribution in [3.63, 3.8) is 0 Å². The third kappa shape index (κ3) is 7.46. The number of primary amides is 1. The molecule has 2 aromatic carbocycles. The van der Waals surface area contributed by atoms with Crippen molar-refractivity contribution in [2.45, 2.75) is 51.5 Å². The van der Waals surface area contributed by atoms with Gasteiger partial charge in [-0.2, -0.15) is 0 Å². The van der Waals surface area contributed by atoms with Gasteiger partial charge in [-0.25, -0.2) is 4.79 Å². The Bertz CT molecular complexity index is 1350. The fourth-order valence-electron chi connectivity index (χ4n) is 5.26. The summed E-state index contributed by atoms with van der Waals surface area (Å²) >= 11 is 0. The predicted octanol–water partition coefficient (Wildman–Crippen LogP) is 3.76. The highest BCUT2D eigenvalue weighted by molar-refractivity contribution is 5.65. The van der Waals surface area contributed by atoms with Crippen LogP contribution in [0.15, 0.2) is 54.7 Å². The summed E-state index contributed by atoms with van der Waals surface area (Å²) in [4.78, 5) is 30.3. The van der Waals surface area contributed by atoms with E-state index in [0.29, 0.717) is 26.0 Å². The van der Waals surface area contributed by atoms with Crippen molar-refractivity contribution in [2.24, 2.45) is 5.73 Å². The quantitative estimate of drug-likeness (QED) is 0.288. The SMILES string of the molecule is CC(C)(Cc1ccc(CN2CCN(c3ccc(OC[C@H]4CCn5cc([N+](=O)[O-])nc5O4)cc3)CC2)cc1)OC(N)=O. The van der Waals surface area contributed by atoms with Crippen LogP contribution in [0.5, 0.6) is 11.8 Å². The first-order valence-electron chi connectivity index (χ1n) is 13.8. The number of hydrogen-bond donors (Lipinski definition) is 1. The van der Waals surface area contributed by atoms with Crippen LogP contribution < -0.4 is 20.1 Å². The Labute approximate surface area is 238 Å². The molecule has 12 heteroatoms. The van der Waals surface area contributed by atoms with Gasteiger partial charge < -0.3 is 35.0 Å². The summed E-state index contributed by atoms with van der Waals surface area (Å²) in [6.45, 7) is 9.35. The number of aromatic nitrogens is 2. The van der Waals surface area contributed by atoms with Gasteiger partial charge in [-0.1, -0.05) is 24.3 Å². The van der Waals surface area contributed by atoms with Crippen molar-refractivity contribution in [3.05, 3.63) is 76.0 Å². The van der Waals surface area contributed by atoms with Crippen LogP contribution in [0, 0.1) is 10.1 Å². The second-order valence-corrected chi connectivity index (χ2v) is 11.1. The number of anilines is 1. The van der Waals surface area contributed by atoms with Crippen molar-refractivity contribution >= 4 is 17.6 Å².